The summed E-state index contributed by atoms with van der Waals surface area (Å²) >= 11 is 0. The number of nitrogens with zero attached hydrogens (tertiary/aromatic N) is 2. The van der Waals surface area contributed by atoms with Gasteiger partial charge in [-0.25, -0.2) is 0 Å². The molecule has 0 radical (unpaired) electrons. The third-order valence-corrected chi connectivity index (χ3v) is 6.86. The van der Waals surface area contributed by atoms with E-state index in [2.05, 4.69) is 76.2 Å². The highest BCUT2D eigenvalue weighted by Crippen LogP contribution is 2.39. The van der Waals surface area contributed by atoms with Crippen LogP contribution in [0.2, 0.25) is 0 Å². The first-order valence-corrected chi connectivity index (χ1v) is 12.5. The molecular formula is C36H26N2. The molecule has 1 heterocycles. The molecular weight excluding hydrogens is 460 g/mol. The molecule has 0 aliphatic heterocycles. The van der Waals surface area contributed by atoms with E-state index >= 15 is 0 Å². The molecule has 0 saturated heterocycles. The molecule has 0 aliphatic rings. The zero-order valence-electron chi connectivity index (χ0n) is 25.5. The number of hydrogen-bond acceptors (Lipinski definition) is 1. The van der Waals surface area contributed by atoms with Gasteiger partial charge < -0.3 is 9.47 Å². The predicted octanol–water partition coefficient (Wildman–Crippen LogP) is 9.92. The molecule has 0 N–H and O–H groups in total. The maximum Gasteiger partial charge on any atom is 0.0629 e. The van der Waals surface area contributed by atoms with Crippen molar-refractivity contribution in [3.63, 3.8) is 0 Å². The molecule has 0 aliphatic carbocycles. The Labute approximate surface area is 229 Å². The van der Waals surface area contributed by atoms with Crippen LogP contribution < -0.4 is 4.90 Å². The van der Waals surface area contributed by atoms with Crippen LogP contribution in [0.5, 0.6) is 0 Å². The van der Waals surface area contributed by atoms with Crippen molar-refractivity contribution in [1.82, 2.24) is 4.57 Å². The maximum absolute atomic E-state index is 8.41. The number of benzene rings is 6. The van der Waals surface area contributed by atoms with Gasteiger partial charge in [0.1, 0.15) is 0 Å². The lowest BCUT2D eigenvalue weighted by Crippen LogP contribution is -2.10. The molecule has 7 aromatic rings. The van der Waals surface area contributed by atoms with Crippen LogP contribution >= 0.6 is 0 Å². The molecule has 0 atom stereocenters. The van der Waals surface area contributed by atoms with E-state index in [9.17, 15) is 0 Å². The van der Waals surface area contributed by atoms with Crippen molar-refractivity contribution < 1.29 is 6.85 Å². The van der Waals surface area contributed by atoms with E-state index in [0.29, 0.717) is 5.56 Å². The molecule has 0 bridgehead atoms. The van der Waals surface area contributed by atoms with Gasteiger partial charge in [0.2, 0.25) is 0 Å². The van der Waals surface area contributed by atoms with Crippen LogP contribution in [-0.4, -0.2) is 4.57 Å². The average molecular weight is 492 g/mol. The summed E-state index contributed by atoms with van der Waals surface area (Å²) in [7, 11) is 0. The number of para-hydroxylation sites is 3. The van der Waals surface area contributed by atoms with Crippen LogP contribution in [0.1, 0.15) is 6.85 Å². The second-order valence-corrected chi connectivity index (χ2v) is 9.11. The first-order valence-electron chi connectivity index (χ1n) is 15.0. The fourth-order valence-electron chi connectivity index (χ4n) is 5.15. The fraction of sp³-hybridized carbons (Fsp3) is 0. The summed E-state index contributed by atoms with van der Waals surface area (Å²) in [5, 5.41) is 2.34. The summed E-state index contributed by atoms with van der Waals surface area (Å²) < 4.78 is 43.2. The third-order valence-electron chi connectivity index (χ3n) is 6.86. The van der Waals surface area contributed by atoms with E-state index in [1.165, 1.54) is 5.39 Å². The molecule has 0 spiro atoms. The van der Waals surface area contributed by atoms with Gasteiger partial charge in [0.15, 0.2) is 0 Å². The normalized spacial score (nSPS) is 13.0. The summed E-state index contributed by atoms with van der Waals surface area (Å²) in [6.45, 7) is 0. The molecule has 180 valence electrons. The van der Waals surface area contributed by atoms with Crippen molar-refractivity contribution in [2.24, 2.45) is 0 Å². The van der Waals surface area contributed by atoms with Crippen molar-refractivity contribution in [3.05, 3.63) is 158 Å². The zero-order chi connectivity index (χ0) is 29.7. The zero-order valence-corrected chi connectivity index (χ0v) is 20.5. The Hall–Kier alpha value is -5.08. The Morgan fingerprint density at radius 2 is 1.08 bits per heavy atom. The number of hydrogen-bond donors (Lipinski definition) is 0. The van der Waals surface area contributed by atoms with Gasteiger partial charge in [0, 0.05) is 33.5 Å². The molecule has 38 heavy (non-hydrogen) atoms. The Bertz CT molecular complexity index is 2090. The SMILES string of the molecule is [2H]c1c([2H])c([2H])c(-c2ccc(N(c3ccccc3)c3ccc4c5ccccc5n(-c5ccccc5)c4c3)cc2)c([2H])c1[2H]. The molecule has 2 nitrogen and oxygen atoms in total. The largest absolute Gasteiger partial charge is 0.310 e. The summed E-state index contributed by atoms with van der Waals surface area (Å²) in [5.41, 5.74) is 6.88. The standard InChI is InChI=1S/C36H26N2/c1-4-12-27(13-5-1)28-20-22-31(23-21-28)37(29-14-6-2-7-15-29)32-24-25-34-33-18-10-11-19-35(33)38(36(34)26-32)30-16-8-3-9-17-30/h1-26H/i1D,4D,5D,12D,13D. The summed E-state index contributed by atoms with van der Waals surface area (Å²) in [6.07, 6.45) is 0. The van der Waals surface area contributed by atoms with Crippen LogP contribution in [0.25, 0.3) is 38.6 Å². The number of rotatable bonds is 5. The monoisotopic (exact) mass is 491 g/mol. The Balaban J connectivity index is 1.41. The number of fused-ring (bicyclic) bond motifs is 3. The van der Waals surface area contributed by atoms with E-state index in [1.54, 1.807) is 0 Å². The van der Waals surface area contributed by atoms with Crippen molar-refractivity contribution in [3.8, 4) is 16.8 Å². The van der Waals surface area contributed by atoms with Crippen molar-refractivity contribution in [1.29, 1.82) is 0 Å². The molecule has 7 rings (SSSR count). The second kappa shape index (κ2) is 9.42. The van der Waals surface area contributed by atoms with Crippen LogP contribution in [-0.2, 0) is 0 Å². The molecule has 0 saturated carbocycles. The van der Waals surface area contributed by atoms with Gasteiger partial charge in [0.25, 0.3) is 0 Å². The number of aromatic nitrogens is 1. The number of anilines is 3. The van der Waals surface area contributed by atoms with E-state index in [4.69, 9.17) is 6.85 Å². The summed E-state index contributed by atoms with van der Waals surface area (Å²) in [4.78, 5) is 2.16. The van der Waals surface area contributed by atoms with Crippen LogP contribution in [0.15, 0.2) is 158 Å². The minimum Gasteiger partial charge on any atom is -0.310 e. The van der Waals surface area contributed by atoms with Crippen LogP contribution in [0.3, 0.4) is 0 Å². The van der Waals surface area contributed by atoms with Crippen molar-refractivity contribution in [2.45, 2.75) is 0 Å². The van der Waals surface area contributed by atoms with Crippen LogP contribution in [0, 0.1) is 0 Å². The topological polar surface area (TPSA) is 8.17 Å². The van der Waals surface area contributed by atoms with E-state index < -0.39 is 6.04 Å². The highest BCUT2D eigenvalue weighted by molar-refractivity contribution is 6.10. The van der Waals surface area contributed by atoms with Gasteiger partial charge >= 0.3 is 0 Å². The first-order chi connectivity index (χ1) is 20.9. The maximum atomic E-state index is 8.41. The summed E-state index contributed by atoms with van der Waals surface area (Å²) in [6, 6.07) is 41.4. The Morgan fingerprint density at radius 3 is 1.84 bits per heavy atom. The van der Waals surface area contributed by atoms with E-state index in [0.717, 1.165) is 39.2 Å². The Kier molecular flexibility index (Phi) is 4.31. The molecule has 0 unspecified atom stereocenters. The Morgan fingerprint density at radius 1 is 0.474 bits per heavy atom. The quantitative estimate of drug-likeness (QED) is 0.233. The molecule has 0 fully saturated rings. The van der Waals surface area contributed by atoms with Gasteiger partial charge in [-0.05, 0) is 65.7 Å². The lowest BCUT2D eigenvalue weighted by molar-refractivity contribution is 1.18. The van der Waals surface area contributed by atoms with Gasteiger partial charge in [-0.3, -0.25) is 0 Å². The molecule has 0 amide bonds. The van der Waals surface area contributed by atoms with E-state index in [-0.39, 0.29) is 29.7 Å². The third kappa shape index (κ3) is 3.84. The van der Waals surface area contributed by atoms with Crippen molar-refractivity contribution in [2.75, 3.05) is 4.90 Å². The molecule has 2 heteroatoms. The van der Waals surface area contributed by atoms with Gasteiger partial charge in [0.05, 0.1) is 17.9 Å². The van der Waals surface area contributed by atoms with E-state index in [1.807, 2.05) is 60.7 Å². The lowest BCUT2D eigenvalue weighted by Gasteiger charge is -2.26. The van der Waals surface area contributed by atoms with Gasteiger partial charge in [-0.2, -0.15) is 0 Å². The van der Waals surface area contributed by atoms with Gasteiger partial charge in [-0.15, -0.1) is 0 Å². The molecule has 1 aromatic heterocycles. The highest BCUT2D eigenvalue weighted by Gasteiger charge is 2.17. The summed E-state index contributed by atoms with van der Waals surface area (Å²) in [5.74, 6) is 0. The second-order valence-electron chi connectivity index (χ2n) is 9.11. The smallest absolute Gasteiger partial charge is 0.0629 e. The minimum absolute atomic E-state index is 0.192. The average Bonchev–Trinajstić information content (AvgIpc) is 3.38. The van der Waals surface area contributed by atoms with Crippen molar-refractivity contribution >= 4 is 38.9 Å². The first kappa shape index (κ1) is 17.4. The highest BCUT2D eigenvalue weighted by atomic mass is 15.1. The van der Waals surface area contributed by atoms with Gasteiger partial charge in [-0.1, -0.05) is 103 Å². The molecule has 6 aromatic carbocycles. The van der Waals surface area contributed by atoms with Crippen LogP contribution in [0.4, 0.5) is 17.1 Å². The lowest BCUT2D eigenvalue weighted by atomic mass is 10.0. The minimum atomic E-state index is -0.395. The predicted molar refractivity (Wildman–Crippen MR) is 161 cm³/mol. The fourth-order valence-corrected chi connectivity index (χ4v) is 5.15.